The van der Waals surface area contributed by atoms with E-state index in [0.29, 0.717) is 35.6 Å². The maximum Gasteiger partial charge on any atom is 0.263 e. The molecule has 0 saturated carbocycles. The second kappa shape index (κ2) is 8.17. The first-order valence-corrected chi connectivity index (χ1v) is 8.54. The number of benzene rings is 2. The van der Waals surface area contributed by atoms with Gasteiger partial charge in [0.25, 0.3) is 5.95 Å². The summed E-state index contributed by atoms with van der Waals surface area (Å²) in [7, 11) is 1.60. The molecule has 3 aromatic rings. The number of nitrogens with one attached hydrogen (secondary N) is 2. The number of H-pyrrole nitrogens is 1. The number of methoxy groups -OCH3 is 1. The third-order valence-electron chi connectivity index (χ3n) is 3.43. The molecule has 7 nitrogen and oxygen atoms in total. The second-order valence-electron chi connectivity index (χ2n) is 5.06. The first kappa shape index (κ1) is 17.5. The Bertz CT molecular complexity index is 845. The first-order chi connectivity index (χ1) is 12.2. The van der Waals surface area contributed by atoms with Gasteiger partial charge in [-0.1, -0.05) is 44.8 Å². The van der Waals surface area contributed by atoms with Crippen LogP contribution in [0.4, 0.5) is 5.95 Å². The van der Waals surface area contributed by atoms with Crippen molar-refractivity contribution in [2.75, 3.05) is 12.4 Å². The zero-order chi connectivity index (χ0) is 17.6. The largest absolute Gasteiger partial charge is 0.493 e. The van der Waals surface area contributed by atoms with Crippen LogP contribution < -0.4 is 14.8 Å². The highest BCUT2D eigenvalue weighted by Crippen LogP contribution is 2.37. The quantitative estimate of drug-likeness (QED) is 0.600. The lowest BCUT2D eigenvalue weighted by Gasteiger charge is -2.17. The normalized spacial score (nSPS) is 10.5. The van der Waals surface area contributed by atoms with Crippen molar-refractivity contribution < 1.29 is 9.47 Å². The van der Waals surface area contributed by atoms with E-state index in [0.717, 1.165) is 15.6 Å². The molecule has 0 atom stereocenters. The number of rotatable bonds is 7. The third kappa shape index (κ3) is 4.40. The Kier molecular flexibility index (Phi) is 5.72. The summed E-state index contributed by atoms with van der Waals surface area (Å²) >= 11 is 9.58. The number of nitrogens with zero attached hydrogens (tertiary/aromatic N) is 3. The van der Waals surface area contributed by atoms with Crippen molar-refractivity contribution >= 4 is 33.5 Å². The van der Waals surface area contributed by atoms with Gasteiger partial charge in [-0.25, -0.2) is 0 Å². The van der Waals surface area contributed by atoms with Crippen LogP contribution in [0.1, 0.15) is 11.1 Å². The molecule has 0 unspecified atom stereocenters. The topological polar surface area (TPSA) is 85.0 Å². The second-order valence-corrected chi connectivity index (χ2v) is 6.36. The summed E-state index contributed by atoms with van der Waals surface area (Å²) < 4.78 is 12.4. The smallest absolute Gasteiger partial charge is 0.263 e. The molecule has 1 heterocycles. The molecule has 9 heteroatoms. The lowest BCUT2D eigenvalue weighted by molar-refractivity contribution is 0.281. The SMILES string of the molecule is COc1ccc(Br)c(CNc2nn[nH]n2)c1OCc1cccc(Cl)c1. The van der Waals surface area contributed by atoms with E-state index in [1.165, 1.54) is 0 Å². The molecule has 0 fully saturated rings. The zero-order valence-electron chi connectivity index (χ0n) is 13.3. The van der Waals surface area contributed by atoms with Gasteiger partial charge in [0.15, 0.2) is 11.5 Å². The number of halogens is 2. The Morgan fingerprint density at radius 1 is 1.28 bits per heavy atom. The van der Waals surface area contributed by atoms with Crippen molar-refractivity contribution in [2.24, 2.45) is 0 Å². The Labute approximate surface area is 157 Å². The third-order valence-corrected chi connectivity index (χ3v) is 4.41. The van der Waals surface area contributed by atoms with Gasteiger partial charge in [0.2, 0.25) is 0 Å². The van der Waals surface area contributed by atoms with Crippen LogP contribution in [-0.2, 0) is 13.2 Å². The van der Waals surface area contributed by atoms with E-state index in [9.17, 15) is 0 Å². The molecule has 0 radical (unpaired) electrons. The maximum atomic E-state index is 6.03. The van der Waals surface area contributed by atoms with E-state index in [-0.39, 0.29) is 0 Å². The molecule has 130 valence electrons. The Balaban J connectivity index is 1.83. The minimum absolute atomic E-state index is 0.364. The number of anilines is 1. The molecule has 2 aromatic carbocycles. The van der Waals surface area contributed by atoms with E-state index < -0.39 is 0 Å². The van der Waals surface area contributed by atoms with E-state index in [2.05, 4.69) is 41.9 Å². The van der Waals surface area contributed by atoms with Crippen LogP contribution in [0.5, 0.6) is 11.5 Å². The lowest BCUT2D eigenvalue weighted by atomic mass is 10.1. The summed E-state index contributed by atoms with van der Waals surface area (Å²) in [5.74, 6) is 1.67. The van der Waals surface area contributed by atoms with Gasteiger partial charge in [0.1, 0.15) is 6.61 Å². The van der Waals surface area contributed by atoms with Crippen molar-refractivity contribution in [3.63, 3.8) is 0 Å². The highest BCUT2D eigenvalue weighted by molar-refractivity contribution is 9.10. The van der Waals surface area contributed by atoms with Gasteiger partial charge in [0.05, 0.1) is 7.11 Å². The highest BCUT2D eigenvalue weighted by atomic mass is 79.9. The monoisotopic (exact) mass is 423 g/mol. The fourth-order valence-corrected chi connectivity index (χ4v) is 2.92. The molecule has 0 aliphatic carbocycles. The highest BCUT2D eigenvalue weighted by Gasteiger charge is 2.15. The van der Waals surface area contributed by atoms with Crippen molar-refractivity contribution in [1.82, 2.24) is 20.6 Å². The van der Waals surface area contributed by atoms with Gasteiger partial charge in [-0.05, 0) is 35.0 Å². The van der Waals surface area contributed by atoms with Crippen LogP contribution in [0.2, 0.25) is 5.02 Å². The van der Waals surface area contributed by atoms with Gasteiger partial charge < -0.3 is 14.8 Å². The van der Waals surface area contributed by atoms with Crippen molar-refractivity contribution in [1.29, 1.82) is 0 Å². The van der Waals surface area contributed by atoms with Crippen LogP contribution >= 0.6 is 27.5 Å². The van der Waals surface area contributed by atoms with Gasteiger partial charge in [-0.15, -0.1) is 5.10 Å². The number of hydrogen-bond donors (Lipinski definition) is 2. The molecule has 0 amide bonds. The minimum atomic E-state index is 0.364. The molecule has 1 aromatic heterocycles. The summed E-state index contributed by atoms with van der Waals surface area (Å²) in [5.41, 5.74) is 1.85. The average molecular weight is 425 g/mol. The molecule has 0 aliphatic rings. The number of ether oxygens (including phenoxy) is 2. The van der Waals surface area contributed by atoms with Gasteiger partial charge in [-0.2, -0.15) is 5.21 Å². The van der Waals surface area contributed by atoms with Crippen molar-refractivity contribution in [3.05, 3.63) is 57.0 Å². The average Bonchev–Trinajstić information content (AvgIpc) is 3.12. The number of aromatic amines is 1. The van der Waals surface area contributed by atoms with Crippen LogP contribution in [-0.4, -0.2) is 27.7 Å². The Morgan fingerprint density at radius 2 is 2.16 bits per heavy atom. The van der Waals surface area contributed by atoms with Crippen LogP contribution in [0.3, 0.4) is 0 Å². The number of hydrogen-bond acceptors (Lipinski definition) is 6. The number of aromatic nitrogens is 4. The fraction of sp³-hybridized carbons (Fsp3) is 0.188. The first-order valence-electron chi connectivity index (χ1n) is 7.37. The van der Waals surface area contributed by atoms with E-state index in [4.69, 9.17) is 21.1 Å². The Hall–Kier alpha value is -2.32. The summed E-state index contributed by atoms with van der Waals surface area (Å²) in [6.07, 6.45) is 0. The summed E-state index contributed by atoms with van der Waals surface area (Å²) in [6, 6.07) is 11.3. The summed E-state index contributed by atoms with van der Waals surface area (Å²) in [6.45, 7) is 0.796. The molecular formula is C16H15BrClN5O2. The summed E-state index contributed by atoms with van der Waals surface area (Å²) in [5, 5.41) is 17.4. The van der Waals surface area contributed by atoms with E-state index in [1.807, 2.05) is 36.4 Å². The van der Waals surface area contributed by atoms with Gasteiger partial charge in [-0.3, -0.25) is 0 Å². The Morgan fingerprint density at radius 3 is 2.88 bits per heavy atom. The standard InChI is InChI=1S/C16H15BrClN5O2/c1-24-14-6-5-13(17)12(8-19-16-20-22-23-21-16)15(14)25-9-10-3-2-4-11(18)7-10/h2-7H,8-9H2,1H3,(H2,19,20,21,22,23). The predicted molar refractivity (Wildman–Crippen MR) is 98.0 cm³/mol. The summed E-state index contributed by atoms with van der Waals surface area (Å²) in [4.78, 5) is 0. The molecule has 2 N–H and O–H groups in total. The van der Waals surface area contributed by atoms with Crippen LogP contribution in [0.15, 0.2) is 40.9 Å². The fourth-order valence-electron chi connectivity index (χ4n) is 2.25. The molecule has 3 rings (SSSR count). The molecule has 0 aliphatic heterocycles. The lowest BCUT2D eigenvalue weighted by Crippen LogP contribution is -2.07. The van der Waals surface area contributed by atoms with Crippen LogP contribution in [0, 0.1) is 0 Å². The molecule has 0 spiro atoms. The maximum absolute atomic E-state index is 6.03. The molecular weight excluding hydrogens is 410 g/mol. The molecule has 25 heavy (non-hydrogen) atoms. The van der Waals surface area contributed by atoms with Crippen LogP contribution in [0.25, 0.3) is 0 Å². The minimum Gasteiger partial charge on any atom is -0.493 e. The van der Waals surface area contributed by atoms with Gasteiger partial charge in [0, 0.05) is 21.6 Å². The van der Waals surface area contributed by atoms with Crippen molar-refractivity contribution in [3.8, 4) is 11.5 Å². The van der Waals surface area contributed by atoms with Gasteiger partial charge >= 0.3 is 0 Å². The predicted octanol–water partition coefficient (Wildman–Crippen LogP) is 3.82. The number of tetrazole rings is 1. The zero-order valence-corrected chi connectivity index (χ0v) is 15.6. The molecule has 0 bridgehead atoms. The van der Waals surface area contributed by atoms with Crippen molar-refractivity contribution in [2.45, 2.75) is 13.2 Å². The molecule has 0 saturated heterocycles. The van der Waals surface area contributed by atoms with E-state index >= 15 is 0 Å². The van der Waals surface area contributed by atoms with E-state index in [1.54, 1.807) is 7.11 Å².